The lowest BCUT2D eigenvalue weighted by Gasteiger charge is -2.07. The first-order chi connectivity index (χ1) is 11.6. The number of pyridine rings is 1. The van der Waals surface area contributed by atoms with Crippen LogP contribution in [0.5, 0.6) is 0 Å². The van der Waals surface area contributed by atoms with Crippen LogP contribution in [0.25, 0.3) is 5.52 Å². The fourth-order valence-electron chi connectivity index (χ4n) is 2.25. The van der Waals surface area contributed by atoms with Gasteiger partial charge in [0.15, 0.2) is 0 Å². The number of fused-ring (bicyclic) bond motifs is 1. The highest BCUT2D eigenvalue weighted by Crippen LogP contribution is 2.13. The zero-order chi connectivity index (χ0) is 16.9. The molecule has 0 aliphatic heterocycles. The molecule has 3 aromatic rings. The first kappa shape index (κ1) is 15.5. The predicted molar refractivity (Wildman–Crippen MR) is 85.6 cm³/mol. The minimum absolute atomic E-state index is 0.114. The highest BCUT2D eigenvalue weighted by Gasteiger charge is 2.11. The summed E-state index contributed by atoms with van der Waals surface area (Å²) in [4.78, 5) is 22.9. The van der Waals surface area contributed by atoms with Crippen LogP contribution in [0, 0.1) is 0 Å². The Labute approximate surface area is 137 Å². The smallest absolute Gasteiger partial charge is 0.407 e. The van der Waals surface area contributed by atoms with Gasteiger partial charge in [-0.15, -0.1) is 0 Å². The molecule has 0 unspecified atom stereocenters. The van der Waals surface area contributed by atoms with Crippen LogP contribution in [0.4, 0.5) is 4.79 Å². The Bertz CT molecular complexity index is 874. The van der Waals surface area contributed by atoms with Gasteiger partial charge in [0.05, 0.1) is 11.7 Å². The van der Waals surface area contributed by atoms with Gasteiger partial charge in [0.1, 0.15) is 12.2 Å². The van der Waals surface area contributed by atoms with Gasteiger partial charge in [-0.25, -0.2) is 14.1 Å². The minimum atomic E-state index is -1.04. The lowest BCUT2D eigenvalue weighted by atomic mass is 10.2. The van der Waals surface area contributed by atoms with Gasteiger partial charge in [0.2, 0.25) is 0 Å². The van der Waals surface area contributed by atoms with Crippen molar-refractivity contribution >= 4 is 17.6 Å². The fraction of sp³-hybridized carbons (Fsp3) is 0.118. The lowest BCUT2D eigenvalue weighted by molar-refractivity contribution is 0.0699. The molecule has 2 aromatic heterocycles. The number of carboxylic acids is 1. The molecule has 2 heterocycles. The second-order valence-corrected chi connectivity index (χ2v) is 5.14. The summed E-state index contributed by atoms with van der Waals surface area (Å²) in [7, 11) is 0. The summed E-state index contributed by atoms with van der Waals surface area (Å²) >= 11 is 0. The molecule has 122 valence electrons. The third-order valence-corrected chi connectivity index (χ3v) is 3.47. The molecular formula is C17H15N3O4. The maximum absolute atomic E-state index is 11.7. The van der Waals surface area contributed by atoms with Crippen LogP contribution in [0.1, 0.15) is 21.5 Å². The van der Waals surface area contributed by atoms with Gasteiger partial charge in [-0.05, 0) is 23.3 Å². The zero-order valence-corrected chi connectivity index (χ0v) is 12.7. The van der Waals surface area contributed by atoms with Crippen molar-refractivity contribution in [1.29, 1.82) is 0 Å². The molecule has 7 heteroatoms. The Morgan fingerprint density at radius 1 is 1.17 bits per heavy atom. The molecule has 3 rings (SSSR count). The van der Waals surface area contributed by atoms with Crippen molar-refractivity contribution in [3.05, 3.63) is 71.5 Å². The van der Waals surface area contributed by atoms with Gasteiger partial charge >= 0.3 is 12.1 Å². The van der Waals surface area contributed by atoms with E-state index in [2.05, 4.69) is 10.4 Å². The number of carbonyl (C=O) groups excluding carboxylic acids is 1. The number of amides is 1. The maximum Gasteiger partial charge on any atom is 0.407 e. The number of carboxylic acid groups (broad SMARTS) is 1. The van der Waals surface area contributed by atoms with Gasteiger partial charge in [0, 0.05) is 12.7 Å². The van der Waals surface area contributed by atoms with Crippen LogP contribution in [-0.2, 0) is 17.9 Å². The average molecular weight is 325 g/mol. The van der Waals surface area contributed by atoms with Gasteiger partial charge in [0.25, 0.3) is 0 Å². The minimum Gasteiger partial charge on any atom is -0.478 e. The molecule has 0 atom stereocenters. The number of hydrogen-bond acceptors (Lipinski definition) is 4. The first-order valence-electron chi connectivity index (χ1n) is 7.27. The number of aromatic nitrogens is 2. The largest absolute Gasteiger partial charge is 0.478 e. The Morgan fingerprint density at radius 3 is 2.71 bits per heavy atom. The van der Waals surface area contributed by atoms with E-state index in [1.54, 1.807) is 18.3 Å². The molecule has 0 saturated heterocycles. The SMILES string of the molecule is O=C(NCc1ccn2ncc(C(=O)O)c2c1)OCc1ccccc1. The van der Waals surface area contributed by atoms with E-state index in [-0.39, 0.29) is 18.7 Å². The quantitative estimate of drug-likeness (QED) is 0.751. The van der Waals surface area contributed by atoms with Gasteiger partial charge in [-0.1, -0.05) is 30.3 Å². The van der Waals surface area contributed by atoms with E-state index in [1.807, 2.05) is 30.3 Å². The van der Waals surface area contributed by atoms with Crippen LogP contribution in [-0.4, -0.2) is 26.8 Å². The van der Waals surface area contributed by atoms with E-state index in [1.165, 1.54) is 10.7 Å². The fourth-order valence-corrected chi connectivity index (χ4v) is 2.25. The first-order valence-corrected chi connectivity index (χ1v) is 7.27. The molecule has 0 aliphatic carbocycles. The second kappa shape index (κ2) is 6.82. The number of alkyl carbamates (subject to hydrolysis) is 1. The average Bonchev–Trinajstić information content (AvgIpc) is 3.02. The van der Waals surface area contributed by atoms with Crippen LogP contribution in [0.15, 0.2) is 54.9 Å². The third-order valence-electron chi connectivity index (χ3n) is 3.47. The third kappa shape index (κ3) is 3.52. The standard InChI is InChI=1S/C17H15N3O4/c21-16(22)14-10-19-20-7-6-13(8-15(14)20)9-18-17(23)24-11-12-4-2-1-3-5-12/h1-8,10H,9,11H2,(H,18,23)(H,21,22). The highest BCUT2D eigenvalue weighted by molar-refractivity contribution is 5.95. The number of aromatic carboxylic acids is 1. The second-order valence-electron chi connectivity index (χ2n) is 5.14. The summed E-state index contributed by atoms with van der Waals surface area (Å²) in [5.41, 5.74) is 2.24. The highest BCUT2D eigenvalue weighted by atomic mass is 16.5. The number of nitrogens with one attached hydrogen (secondary N) is 1. The number of ether oxygens (including phenoxy) is 1. The summed E-state index contributed by atoms with van der Waals surface area (Å²) in [5, 5.41) is 15.7. The zero-order valence-electron chi connectivity index (χ0n) is 12.7. The van der Waals surface area contributed by atoms with Crippen molar-refractivity contribution in [3.63, 3.8) is 0 Å². The maximum atomic E-state index is 11.7. The van der Waals surface area contributed by atoms with Crippen molar-refractivity contribution in [2.75, 3.05) is 0 Å². The number of carbonyl (C=O) groups is 2. The molecule has 24 heavy (non-hydrogen) atoms. The molecule has 0 aliphatic rings. The topological polar surface area (TPSA) is 92.9 Å². The van der Waals surface area contributed by atoms with Crippen molar-refractivity contribution in [2.24, 2.45) is 0 Å². The molecule has 0 fully saturated rings. The Morgan fingerprint density at radius 2 is 1.96 bits per heavy atom. The van der Waals surface area contributed by atoms with E-state index in [0.29, 0.717) is 5.52 Å². The monoisotopic (exact) mass is 325 g/mol. The molecule has 2 N–H and O–H groups in total. The summed E-state index contributed by atoms with van der Waals surface area (Å²) in [6.45, 7) is 0.422. The Kier molecular flexibility index (Phi) is 4.42. The van der Waals surface area contributed by atoms with Gasteiger partial charge in [-0.3, -0.25) is 0 Å². The van der Waals surface area contributed by atoms with Crippen LogP contribution >= 0.6 is 0 Å². The van der Waals surface area contributed by atoms with Crippen molar-refractivity contribution in [3.8, 4) is 0 Å². The number of nitrogens with zero attached hydrogens (tertiary/aromatic N) is 2. The van der Waals surface area contributed by atoms with E-state index >= 15 is 0 Å². The molecule has 1 aromatic carbocycles. The number of hydrogen-bond donors (Lipinski definition) is 2. The summed E-state index contributed by atoms with van der Waals surface area (Å²) < 4.78 is 6.60. The summed E-state index contributed by atoms with van der Waals surface area (Å²) in [5.74, 6) is -1.04. The van der Waals surface area contributed by atoms with Crippen LogP contribution in [0.3, 0.4) is 0 Å². The number of rotatable bonds is 5. The molecule has 0 saturated carbocycles. The molecule has 7 nitrogen and oxygen atoms in total. The van der Waals surface area contributed by atoms with Gasteiger partial charge < -0.3 is 15.2 Å². The lowest BCUT2D eigenvalue weighted by Crippen LogP contribution is -2.23. The normalized spacial score (nSPS) is 10.5. The summed E-state index contributed by atoms with van der Waals surface area (Å²) in [6, 6.07) is 12.8. The molecular weight excluding hydrogens is 310 g/mol. The van der Waals surface area contributed by atoms with Crippen LogP contribution < -0.4 is 5.32 Å². The molecule has 0 spiro atoms. The Hall–Kier alpha value is -3.35. The van der Waals surface area contributed by atoms with Crippen molar-refractivity contribution in [2.45, 2.75) is 13.2 Å². The van der Waals surface area contributed by atoms with Crippen molar-refractivity contribution < 1.29 is 19.4 Å². The molecule has 0 bridgehead atoms. The van der Waals surface area contributed by atoms with Crippen molar-refractivity contribution in [1.82, 2.24) is 14.9 Å². The van der Waals surface area contributed by atoms with E-state index in [9.17, 15) is 9.59 Å². The molecule has 0 radical (unpaired) electrons. The predicted octanol–water partition coefficient (Wildman–Crippen LogP) is 2.46. The Balaban J connectivity index is 1.59. The summed E-state index contributed by atoms with van der Waals surface area (Å²) in [6.07, 6.45) is 2.41. The number of benzene rings is 1. The van der Waals surface area contributed by atoms with E-state index in [0.717, 1.165) is 11.1 Å². The van der Waals surface area contributed by atoms with Crippen LogP contribution in [0.2, 0.25) is 0 Å². The molecule has 1 amide bonds. The van der Waals surface area contributed by atoms with Gasteiger partial charge in [-0.2, -0.15) is 5.10 Å². The van der Waals surface area contributed by atoms with E-state index in [4.69, 9.17) is 9.84 Å². The van der Waals surface area contributed by atoms with E-state index < -0.39 is 12.1 Å².